The molecule has 0 atom stereocenters. The summed E-state index contributed by atoms with van der Waals surface area (Å²) in [5, 5.41) is 1.07. The van der Waals surface area contributed by atoms with Crippen molar-refractivity contribution >= 4 is 48.0 Å². The van der Waals surface area contributed by atoms with E-state index in [1.54, 1.807) is 17.4 Å². The van der Waals surface area contributed by atoms with Crippen LogP contribution in [0.5, 0.6) is 0 Å². The van der Waals surface area contributed by atoms with E-state index in [9.17, 15) is 8.42 Å². The van der Waals surface area contributed by atoms with Crippen molar-refractivity contribution in [2.45, 2.75) is 30.4 Å². The summed E-state index contributed by atoms with van der Waals surface area (Å²) in [6, 6.07) is 11.8. The molecular weight excluding hydrogens is 398 g/mol. The monoisotopic (exact) mass is 421 g/mol. The topological polar surface area (TPSA) is 62.3 Å². The standard InChI is InChI=1S/C19H23N3O2S3/c1-2-15-7-8-18(25-15)27(23,24)20-13-14-9-11-22(12-10-14)19-21-16-5-3-4-6-17(16)26-19/h3-8,14,20H,2,9-13H2,1H3. The molecule has 2 aromatic heterocycles. The number of benzene rings is 1. The van der Waals surface area contributed by atoms with Crippen molar-refractivity contribution in [3.63, 3.8) is 0 Å². The van der Waals surface area contributed by atoms with Crippen LogP contribution in [0.15, 0.2) is 40.6 Å². The normalized spacial score (nSPS) is 16.3. The predicted molar refractivity (Wildman–Crippen MR) is 113 cm³/mol. The number of thiazole rings is 1. The molecule has 1 N–H and O–H groups in total. The average Bonchev–Trinajstić information content (AvgIpc) is 3.34. The molecule has 1 saturated heterocycles. The Labute approximate surface area is 168 Å². The van der Waals surface area contributed by atoms with Crippen LogP contribution in [0.25, 0.3) is 10.2 Å². The van der Waals surface area contributed by atoms with Gasteiger partial charge in [-0.05, 0) is 49.4 Å². The van der Waals surface area contributed by atoms with Crippen LogP contribution < -0.4 is 9.62 Å². The molecule has 1 aliphatic heterocycles. The molecular formula is C19H23N3O2S3. The van der Waals surface area contributed by atoms with E-state index in [4.69, 9.17) is 4.98 Å². The second kappa shape index (κ2) is 7.87. The number of fused-ring (bicyclic) bond motifs is 1. The number of thiophene rings is 1. The van der Waals surface area contributed by atoms with Gasteiger partial charge in [-0.25, -0.2) is 18.1 Å². The predicted octanol–water partition coefficient (Wildman–Crippen LogP) is 4.12. The van der Waals surface area contributed by atoms with Crippen LogP contribution in [-0.4, -0.2) is 33.0 Å². The minimum Gasteiger partial charge on any atom is -0.348 e. The zero-order chi connectivity index (χ0) is 18.9. The number of hydrogen-bond donors (Lipinski definition) is 1. The highest BCUT2D eigenvalue weighted by molar-refractivity contribution is 7.91. The van der Waals surface area contributed by atoms with Crippen molar-refractivity contribution in [1.29, 1.82) is 0 Å². The molecule has 0 unspecified atom stereocenters. The number of anilines is 1. The van der Waals surface area contributed by atoms with Gasteiger partial charge in [-0.1, -0.05) is 30.4 Å². The van der Waals surface area contributed by atoms with Crippen molar-refractivity contribution in [2.24, 2.45) is 5.92 Å². The molecule has 4 rings (SSSR count). The Bertz CT molecular complexity index is 985. The lowest BCUT2D eigenvalue weighted by Crippen LogP contribution is -2.38. The summed E-state index contributed by atoms with van der Waals surface area (Å²) in [6.07, 6.45) is 2.82. The number of piperidine rings is 1. The Hall–Kier alpha value is -1.48. The number of sulfonamides is 1. The number of nitrogens with zero attached hydrogens (tertiary/aromatic N) is 2. The first-order valence-electron chi connectivity index (χ1n) is 9.24. The fraction of sp³-hybridized carbons (Fsp3) is 0.421. The van der Waals surface area contributed by atoms with Crippen molar-refractivity contribution < 1.29 is 8.42 Å². The highest BCUT2D eigenvalue weighted by Gasteiger charge is 2.24. The summed E-state index contributed by atoms with van der Waals surface area (Å²) in [5.74, 6) is 0.371. The van der Waals surface area contributed by atoms with E-state index in [1.807, 2.05) is 31.2 Å². The zero-order valence-corrected chi connectivity index (χ0v) is 17.7. The van der Waals surface area contributed by atoms with Gasteiger partial charge in [0.25, 0.3) is 0 Å². The fourth-order valence-corrected chi connectivity index (χ4v) is 6.79. The van der Waals surface area contributed by atoms with Crippen LogP contribution in [0.4, 0.5) is 5.13 Å². The summed E-state index contributed by atoms with van der Waals surface area (Å²) >= 11 is 3.09. The zero-order valence-electron chi connectivity index (χ0n) is 15.2. The van der Waals surface area contributed by atoms with Crippen LogP contribution in [0.2, 0.25) is 0 Å². The van der Waals surface area contributed by atoms with E-state index >= 15 is 0 Å². The maximum absolute atomic E-state index is 12.5. The Morgan fingerprint density at radius 3 is 2.63 bits per heavy atom. The van der Waals surface area contributed by atoms with Gasteiger partial charge in [-0.2, -0.15) is 0 Å². The number of hydrogen-bond acceptors (Lipinski definition) is 6. The largest absolute Gasteiger partial charge is 0.348 e. The van der Waals surface area contributed by atoms with E-state index in [1.165, 1.54) is 16.0 Å². The fourth-order valence-electron chi connectivity index (χ4n) is 3.32. The first-order chi connectivity index (χ1) is 13.0. The Morgan fingerprint density at radius 1 is 1.15 bits per heavy atom. The Kier molecular flexibility index (Phi) is 5.50. The molecule has 0 bridgehead atoms. The van der Waals surface area contributed by atoms with Gasteiger partial charge in [0.1, 0.15) is 4.21 Å². The molecule has 1 aromatic carbocycles. The van der Waals surface area contributed by atoms with Gasteiger partial charge in [-0.3, -0.25) is 0 Å². The molecule has 5 nitrogen and oxygen atoms in total. The average molecular weight is 422 g/mol. The number of nitrogens with one attached hydrogen (secondary N) is 1. The van der Waals surface area contributed by atoms with Crippen molar-refractivity contribution in [2.75, 3.05) is 24.5 Å². The Balaban J connectivity index is 1.32. The molecule has 0 saturated carbocycles. The van der Waals surface area contributed by atoms with E-state index < -0.39 is 10.0 Å². The molecule has 27 heavy (non-hydrogen) atoms. The van der Waals surface area contributed by atoms with Gasteiger partial charge in [0.2, 0.25) is 10.0 Å². The van der Waals surface area contributed by atoms with Crippen LogP contribution in [0.1, 0.15) is 24.6 Å². The van der Waals surface area contributed by atoms with Gasteiger partial charge < -0.3 is 4.90 Å². The van der Waals surface area contributed by atoms with Crippen LogP contribution in [0, 0.1) is 5.92 Å². The molecule has 0 radical (unpaired) electrons. The minimum absolute atomic E-state index is 0.371. The lowest BCUT2D eigenvalue weighted by atomic mass is 9.97. The molecule has 0 aliphatic carbocycles. The first-order valence-corrected chi connectivity index (χ1v) is 12.4. The van der Waals surface area contributed by atoms with E-state index in [0.717, 1.165) is 47.9 Å². The smallest absolute Gasteiger partial charge is 0.250 e. The van der Waals surface area contributed by atoms with Gasteiger partial charge in [0, 0.05) is 24.5 Å². The number of aromatic nitrogens is 1. The highest BCUT2D eigenvalue weighted by Crippen LogP contribution is 2.31. The lowest BCUT2D eigenvalue weighted by Gasteiger charge is -2.31. The first kappa shape index (κ1) is 18.9. The summed E-state index contributed by atoms with van der Waals surface area (Å²) in [4.78, 5) is 8.15. The van der Waals surface area contributed by atoms with Crippen LogP contribution in [0.3, 0.4) is 0 Å². The molecule has 1 fully saturated rings. The third-order valence-electron chi connectivity index (χ3n) is 4.98. The maximum Gasteiger partial charge on any atom is 0.250 e. The molecule has 0 amide bonds. The highest BCUT2D eigenvalue weighted by atomic mass is 32.2. The summed E-state index contributed by atoms with van der Waals surface area (Å²) in [7, 11) is -3.39. The van der Waals surface area contributed by atoms with Crippen molar-refractivity contribution in [3.8, 4) is 0 Å². The molecule has 8 heteroatoms. The van der Waals surface area contributed by atoms with Crippen LogP contribution >= 0.6 is 22.7 Å². The van der Waals surface area contributed by atoms with Crippen molar-refractivity contribution in [1.82, 2.24) is 9.71 Å². The van der Waals surface area contributed by atoms with Gasteiger partial charge in [0.15, 0.2) is 5.13 Å². The number of aryl methyl sites for hydroxylation is 1. The SMILES string of the molecule is CCc1ccc(S(=O)(=O)NCC2CCN(c3nc4ccccc4s3)CC2)s1. The quantitative estimate of drug-likeness (QED) is 0.650. The van der Waals surface area contributed by atoms with Crippen LogP contribution in [-0.2, 0) is 16.4 Å². The third kappa shape index (κ3) is 4.18. The summed E-state index contributed by atoms with van der Waals surface area (Å²) in [6.45, 7) is 4.39. The third-order valence-corrected chi connectivity index (χ3v) is 9.22. The molecule has 0 spiro atoms. The summed E-state index contributed by atoms with van der Waals surface area (Å²) < 4.78 is 29.4. The van der Waals surface area contributed by atoms with Gasteiger partial charge in [-0.15, -0.1) is 11.3 Å². The summed E-state index contributed by atoms with van der Waals surface area (Å²) in [5.41, 5.74) is 1.05. The lowest BCUT2D eigenvalue weighted by molar-refractivity contribution is 0.402. The van der Waals surface area contributed by atoms with Crippen molar-refractivity contribution in [3.05, 3.63) is 41.3 Å². The second-order valence-electron chi connectivity index (χ2n) is 6.82. The van der Waals surface area contributed by atoms with Gasteiger partial charge in [0.05, 0.1) is 10.2 Å². The number of rotatable bonds is 6. The van der Waals surface area contributed by atoms with E-state index in [-0.39, 0.29) is 0 Å². The second-order valence-corrected chi connectivity index (χ2v) is 11.0. The molecule has 1 aliphatic rings. The molecule has 3 heterocycles. The molecule has 144 valence electrons. The minimum atomic E-state index is -3.39. The van der Waals surface area contributed by atoms with E-state index in [0.29, 0.717) is 16.7 Å². The number of para-hydroxylation sites is 1. The van der Waals surface area contributed by atoms with Gasteiger partial charge >= 0.3 is 0 Å². The molecule has 3 aromatic rings. The van der Waals surface area contributed by atoms with E-state index in [2.05, 4.69) is 15.7 Å². The Morgan fingerprint density at radius 2 is 1.93 bits per heavy atom. The maximum atomic E-state index is 12.5.